The molecule has 18 heavy (non-hydrogen) atoms. The summed E-state index contributed by atoms with van der Waals surface area (Å²) in [6, 6.07) is 20.1. The van der Waals surface area contributed by atoms with Gasteiger partial charge in [-0.05, 0) is 23.1 Å². The minimum absolute atomic E-state index is 0.563. The van der Waals surface area contributed by atoms with E-state index in [1.165, 1.54) is 0 Å². The van der Waals surface area contributed by atoms with Gasteiger partial charge >= 0.3 is 0 Å². The Labute approximate surface area is 118 Å². The van der Waals surface area contributed by atoms with Crippen molar-refractivity contribution in [2.75, 3.05) is 5.88 Å². The van der Waals surface area contributed by atoms with Crippen molar-refractivity contribution in [3.63, 3.8) is 0 Å². The fraction of sp³-hybridized carbons (Fsp3) is 0.125. The lowest BCUT2D eigenvalue weighted by atomic mass is 10.0. The zero-order chi connectivity index (χ0) is 12.8. The molecule has 0 aliphatic heterocycles. The molecule has 0 spiro atoms. The summed E-state index contributed by atoms with van der Waals surface area (Å²) < 4.78 is 0. The van der Waals surface area contributed by atoms with Crippen LogP contribution < -0.4 is 0 Å². The number of rotatable bonds is 4. The van der Waals surface area contributed by atoms with Crippen LogP contribution in [0.5, 0.6) is 0 Å². The van der Waals surface area contributed by atoms with Gasteiger partial charge in [0.15, 0.2) is 0 Å². The summed E-state index contributed by atoms with van der Waals surface area (Å²) in [4.78, 5) is 0. The van der Waals surface area contributed by atoms with Crippen molar-refractivity contribution in [3.8, 4) is 0 Å². The summed E-state index contributed by atoms with van der Waals surface area (Å²) in [5, 5.41) is 0.780. The summed E-state index contributed by atoms with van der Waals surface area (Å²) in [6.45, 7) is 0. The summed E-state index contributed by atoms with van der Waals surface area (Å²) in [6.07, 6.45) is 0.763. The van der Waals surface area contributed by atoms with Crippen LogP contribution in [0.2, 0.25) is 0 Å². The van der Waals surface area contributed by atoms with Crippen LogP contribution >= 0.6 is 23.2 Å². The molecule has 0 aromatic heterocycles. The number of hydrogen-bond acceptors (Lipinski definition) is 0. The highest BCUT2D eigenvalue weighted by Crippen LogP contribution is 2.32. The minimum atomic E-state index is 0.563. The van der Waals surface area contributed by atoms with E-state index < -0.39 is 0 Å². The van der Waals surface area contributed by atoms with Crippen molar-refractivity contribution in [1.82, 2.24) is 0 Å². The van der Waals surface area contributed by atoms with Gasteiger partial charge in [-0.2, -0.15) is 0 Å². The van der Waals surface area contributed by atoms with Gasteiger partial charge in [0.25, 0.3) is 0 Å². The molecule has 0 amide bonds. The molecule has 2 aromatic rings. The molecule has 0 N–H and O–H groups in total. The third kappa shape index (κ3) is 3.16. The molecule has 0 atom stereocenters. The maximum absolute atomic E-state index is 6.51. The summed E-state index contributed by atoms with van der Waals surface area (Å²) in [5.41, 5.74) is 3.26. The highest BCUT2D eigenvalue weighted by atomic mass is 35.5. The smallest absolute Gasteiger partial charge is 0.0516 e. The first-order valence-corrected chi connectivity index (χ1v) is 6.79. The standard InChI is InChI=1S/C16H14Cl2/c17-12-11-15(13-7-3-1-4-8-13)16(18)14-9-5-2-6-10-14/h1-10H,11-12H2. The molecule has 0 heterocycles. The Bertz CT molecular complexity index is 515. The molecule has 0 radical (unpaired) electrons. The van der Waals surface area contributed by atoms with Crippen molar-refractivity contribution in [2.24, 2.45) is 0 Å². The molecular formula is C16H14Cl2. The first-order valence-electron chi connectivity index (χ1n) is 5.88. The van der Waals surface area contributed by atoms with Crippen molar-refractivity contribution in [3.05, 3.63) is 71.8 Å². The maximum atomic E-state index is 6.51. The van der Waals surface area contributed by atoms with E-state index in [1.807, 2.05) is 48.5 Å². The quantitative estimate of drug-likeness (QED) is 0.517. The van der Waals surface area contributed by atoms with E-state index in [2.05, 4.69) is 12.1 Å². The van der Waals surface area contributed by atoms with Crippen LogP contribution in [0.25, 0.3) is 10.6 Å². The van der Waals surface area contributed by atoms with Gasteiger partial charge in [0.2, 0.25) is 0 Å². The van der Waals surface area contributed by atoms with Gasteiger partial charge in [-0.3, -0.25) is 0 Å². The van der Waals surface area contributed by atoms with E-state index in [1.54, 1.807) is 0 Å². The first kappa shape index (κ1) is 13.2. The predicted octanol–water partition coefficient (Wildman–Crippen LogP) is 5.42. The van der Waals surface area contributed by atoms with E-state index in [0.29, 0.717) is 5.88 Å². The van der Waals surface area contributed by atoms with Gasteiger partial charge in [0.1, 0.15) is 0 Å². The topological polar surface area (TPSA) is 0 Å². The summed E-state index contributed by atoms with van der Waals surface area (Å²) in [5.74, 6) is 0.563. The lowest BCUT2D eigenvalue weighted by molar-refractivity contribution is 1.25. The molecule has 0 saturated heterocycles. The Kier molecular flexibility index (Phi) is 4.86. The van der Waals surface area contributed by atoms with Crippen molar-refractivity contribution in [2.45, 2.75) is 6.42 Å². The molecule has 0 aliphatic carbocycles. The summed E-state index contributed by atoms with van der Waals surface area (Å²) >= 11 is 12.4. The van der Waals surface area contributed by atoms with Gasteiger partial charge in [-0.1, -0.05) is 72.3 Å². The van der Waals surface area contributed by atoms with Crippen LogP contribution in [0, 0.1) is 0 Å². The number of allylic oxidation sites excluding steroid dienone is 1. The van der Waals surface area contributed by atoms with Crippen molar-refractivity contribution >= 4 is 33.8 Å². The van der Waals surface area contributed by atoms with E-state index >= 15 is 0 Å². The molecule has 2 aromatic carbocycles. The Balaban J connectivity index is 2.47. The van der Waals surface area contributed by atoms with Crippen LogP contribution in [0.1, 0.15) is 17.5 Å². The zero-order valence-electron chi connectivity index (χ0n) is 9.94. The predicted molar refractivity (Wildman–Crippen MR) is 80.9 cm³/mol. The SMILES string of the molecule is ClCCC(=C(Cl)c1ccccc1)c1ccccc1. The lowest BCUT2D eigenvalue weighted by Gasteiger charge is -2.10. The van der Waals surface area contributed by atoms with Crippen molar-refractivity contribution in [1.29, 1.82) is 0 Å². The Morgan fingerprint density at radius 1 is 0.778 bits per heavy atom. The molecule has 2 rings (SSSR count). The fourth-order valence-electron chi connectivity index (χ4n) is 1.87. The molecular weight excluding hydrogens is 263 g/mol. The Hall–Kier alpha value is -1.24. The van der Waals surface area contributed by atoms with Gasteiger partial charge in [-0.25, -0.2) is 0 Å². The monoisotopic (exact) mass is 276 g/mol. The number of hydrogen-bond donors (Lipinski definition) is 0. The van der Waals surface area contributed by atoms with Crippen LogP contribution in [0.4, 0.5) is 0 Å². The largest absolute Gasteiger partial charge is 0.126 e. The molecule has 0 fully saturated rings. The Morgan fingerprint density at radius 2 is 1.28 bits per heavy atom. The second kappa shape index (κ2) is 6.63. The van der Waals surface area contributed by atoms with Gasteiger partial charge in [-0.15, -0.1) is 11.6 Å². The molecule has 0 bridgehead atoms. The van der Waals surface area contributed by atoms with E-state index in [-0.39, 0.29) is 0 Å². The lowest BCUT2D eigenvalue weighted by Crippen LogP contribution is -1.90. The molecule has 0 saturated carbocycles. The van der Waals surface area contributed by atoms with Gasteiger partial charge < -0.3 is 0 Å². The normalized spacial score (nSPS) is 12.1. The second-order valence-corrected chi connectivity index (χ2v) is 4.72. The highest BCUT2D eigenvalue weighted by Gasteiger charge is 2.08. The number of benzene rings is 2. The number of alkyl halides is 1. The van der Waals surface area contributed by atoms with Crippen LogP contribution in [-0.2, 0) is 0 Å². The fourth-order valence-corrected chi connectivity index (χ4v) is 2.39. The average molecular weight is 277 g/mol. The molecule has 2 heteroatoms. The van der Waals surface area contributed by atoms with Crippen LogP contribution in [0.15, 0.2) is 60.7 Å². The maximum Gasteiger partial charge on any atom is 0.0516 e. The average Bonchev–Trinajstić information content (AvgIpc) is 2.46. The third-order valence-corrected chi connectivity index (χ3v) is 3.39. The van der Waals surface area contributed by atoms with Crippen LogP contribution in [-0.4, -0.2) is 5.88 Å². The third-order valence-electron chi connectivity index (χ3n) is 2.76. The zero-order valence-corrected chi connectivity index (χ0v) is 11.5. The van der Waals surface area contributed by atoms with Gasteiger partial charge in [0.05, 0.1) is 5.03 Å². The van der Waals surface area contributed by atoms with Gasteiger partial charge in [0, 0.05) is 5.88 Å². The second-order valence-electron chi connectivity index (χ2n) is 3.96. The molecule has 0 aliphatic rings. The van der Waals surface area contributed by atoms with Crippen LogP contribution in [0.3, 0.4) is 0 Å². The highest BCUT2D eigenvalue weighted by molar-refractivity contribution is 6.52. The van der Waals surface area contributed by atoms with E-state index in [4.69, 9.17) is 23.2 Å². The minimum Gasteiger partial charge on any atom is -0.126 e. The Morgan fingerprint density at radius 3 is 1.78 bits per heavy atom. The first-order chi connectivity index (χ1) is 8.83. The van der Waals surface area contributed by atoms with Crippen molar-refractivity contribution < 1.29 is 0 Å². The molecule has 0 nitrogen and oxygen atoms in total. The molecule has 0 unspecified atom stereocenters. The molecule has 92 valence electrons. The van der Waals surface area contributed by atoms with E-state index in [9.17, 15) is 0 Å². The number of halogens is 2. The summed E-state index contributed by atoms with van der Waals surface area (Å²) in [7, 11) is 0. The van der Waals surface area contributed by atoms with E-state index in [0.717, 1.165) is 28.2 Å².